The first kappa shape index (κ1) is 18.0. The highest BCUT2D eigenvalue weighted by Gasteiger charge is 2.36. The Bertz CT molecular complexity index is 1360. The summed E-state index contributed by atoms with van der Waals surface area (Å²) < 4.78 is 0. The van der Waals surface area contributed by atoms with Gasteiger partial charge >= 0.3 is 0 Å². The number of pyridine rings is 1. The van der Waals surface area contributed by atoms with Gasteiger partial charge in [-0.25, -0.2) is 15.0 Å². The minimum absolute atomic E-state index is 0.505. The van der Waals surface area contributed by atoms with Crippen molar-refractivity contribution in [2.24, 2.45) is 5.73 Å². The van der Waals surface area contributed by atoms with Crippen molar-refractivity contribution < 1.29 is 0 Å². The predicted molar refractivity (Wildman–Crippen MR) is 121 cm³/mol. The zero-order valence-electron chi connectivity index (χ0n) is 16.9. The van der Waals surface area contributed by atoms with Gasteiger partial charge in [-0.05, 0) is 42.7 Å². The maximum absolute atomic E-state index is 6.90. The standard InChI is InChI=1S/C23H22N8/c24-23(7-12-31(13-8-23)21-17-6-11-26-20(17)27-14-28-21)22-29-18-3-1-2-16(19(18)30-22)15-4-9-25-10-5-15/h1-6,9-11,14H,7-8,12-13,24H2,(H,29,30)(H,26,27,28). The van der Waals surface area contributed by atoms with Gasteiger partial charge in [-0.1, -0.05) is 12.1 Å². The number of aromatic nitrogens is 6. The van der Waals surface area contributed by atoms with E-state index in [0.717, 1.165) is 70.8 Å². The third-order valence-electron chi connectivity index (χ3n) is 6.26. The van der Waals surface area contributed by atoms with Crippen molar-refractivity contribution in [2.45, 2.75) is 18.4 Å². The second kappa shape index (κ2) is 6.88. The molecule has 31 heavy (non-hydrogen) atoms. The summed E-state index contributed by atoms with van der Waals surface area (Å²) in [5.74, 6) is 1.80. The molecular formula is C23H22N8. The Kier molecular flexibility index (Phi) is 4.00. The molecule has 6 rings (SSSR count). The average Bonchev–Trinajstić information content (AvgIpc) is 3.47. The van der Waals surface area contributed by atoms with E-state index in [9.17, 15) is 0 Å². The van der Waals surface area contributed by atoms with E-state index in [4.69, 9.17) is 10.7 Å². The minimum atomic E-state index is -0.505. The van der Waals surface area contributed by atoms with E-state index in [1.54, 1.807) is 18.7 Å². The predicted octanol–water partition coefficient (Wildman–Crippen LogP) is 3.35. The number of anilines is 1. The highest BCUT2D eigenvalue weighted by Crippen LogP contribution is 2.35. The summed E-state index contributed by atoms with van der Waals surface area (Å²) in [6, 6.07) is 12.2. The number of hydrogen-bond acceptors (Lipinski definition) is 6. The maximum Gasteiger partial charge on any atom is 0.142 e. The van der Waals surface area contributed by atoms with Gasteiger partial charge in [0.2, 0.25) is 0 Å². The van der Waals surface area contributed by atoms with Crippen molar-refractivity contribution in [3.8, 4) is 11.1 Å². The molecule has 1 aromatic carbocycles. The van der Waals surface area contributed by atoms with Gasteiger partial charge in [0.25, 0.3) is 0 Å². The van der Waals surface area contributed by atoms with Crippen molar-refractivity contribution >= 4 is 27.9 Å². The number of nitrogens with one attached hydrogen (secondary N) is 2. The zero-order valence-corrected chi connectivity index (χ0v) is 16.9. The van der Waals surface area contributed by atoms with E-state index in [1.165, 1.54) is 0 Å². The highest BCUT2D eigenvalue weighted by molar-refractivity contribution is 5.92. The van der Waals surface area contributed by atoms with Gasteiger partial charge in [-0.2, -0.15) is 0 Å². The number of para-hydroxylation sites is 1. The molecule has 4 aromatic heterocycles. The molecule has 0 unspecified atom stereocenters. The summed E-state index contributed by atoms with van der Waals surface area (Å²) >= 11 is 0. The van der Waals surface area contributed by atoms with Crippen LogP contribution in [0.2, 0.25) is 0 Å². The Morgan fingerprint density at radius 2 is 1.84 bits per heavy atom. The molecule has 0 saturated carbocycles. The summed E-state index contributed by atoms with van der Waals surface area (Å²) in [6.07, 6.45) is 8.68. The van der Waals surface area contributed by atoms with Gasteiger partial charge in [0.15, 0.2) is 0 Å². The fraction of sp³-hybridized carbons (Fsp3) is 0.217. The summed E-state index contributed by atoms with van der Waals surface area (Å²) in [5, 5.41) is 1.04. The van der Waals surface area contributed by atoms with E-state index < -0.39 is 5.54 Å². The molecule has 5 heterocycles. The van der Waals surface area contributed by atoms with Crippen LogP contribution < -0.4 is 10.6 Å². The maximum atomic E-state index is 6.90. The topological polar surface area (TPSA) is 112 Å². The van der Waals surface area contributed by atoms with E-state index in [2.05, 4.69) is 42.0 Å². The van der Waals surface area contributed by atoms with Gasteiger partial charge in [0, 0.05) is 37.2 Å². The van der Waals surface area contributed by atoms with Crippen LogP contribution >= 0.6 is 0 Å². The first-order chi connectivity index (χ1) is 15.2. The normalized spacial score (nSPS) is 16.2. The number of H-pyrrole nitrogens is 2. The number of benzene rings is 1. The molecule has 1 aliphatic heterocycles. The van der Waals surface area contributed by atoms with E-state index in [-0.39, 0.29) is 0 Å². The molecule has 1 saturated heterocycles. The monoisotopic (exact) mass is 410 g/mol. The lowest BCUT2D eigenvalue weighted by atomic mass is 9.88. The van der Waals surface area contributed by atoms with Crippen LogP contribution in [0.5, 0.6) is 0 Å². The molecule has 0 amide bonds. The van der Waals surface area contributed by atoms with Crippen LogP contribution in [0.25, 0.3) is 33.2 Å². The molecule has 1 aliphatic rings. The van der Waals surface area contributed by atoms with Crippen LogP contribution in [0.1, 0.15) is 18.7 Å². The molecule has 0 atom stereocenters. The molecule has 8 heteroatoms. The SMILES string of the molecule is NC1(c2nc3c(-c4ccncc4)cccc3[nH]2)CCN(c2ncnc3[nH]ccc23)CC1. The number of nitrogens with zero attached hydrogens (tertiary/aromatic N) is 5. The molecular weight excluding hydrogens is 388 g/mol. The lowest BCUT2D eigenvalue weighted by Gasteiger charge is -2.38. The summed E-state index contributed by atoms with van der Waals surface area (Å²) in [5.41, 5.74) is 11.4. The molecule has 0 aliphatic carbocycles. The van der Waals surface area contributed by atoms with Gasteiger partial charge in [0.05, 0.1) is 22.0 Å². The molecule has 5 aromatic rings. The van der Waals surface area contributed by atoms with Crippen molar-refractivity contribution in [2.75, 3.05) is 18.0 Å². The Hall–Kier alpha value is -3.78. The third-order valence-corrected chi connectivity index (χ3v) is 6.26. The summed E-state index contributed by atoms with van der Waals surface area (Å²) in [7, 11) is 0. The van der Waals surface area contributed by atoms with E-state index >= 15 is 0 Å². The lowest BCUT2D eigenvalue weighted by molar-refractivity contribution is 0.327. The van der Waals surface area contributed by atoms with Gasteiger partial charge in [-0.15, -0.1) is 0 Å². The number of fused-ring (bicyclic) bond motifs is 2. The lowest BCUT2D eigenvalue weighted by Crippen LogP contribution is -2.49. The fourth-order valence-corrected chi connectivity index (χ4v) is 4.50. The number of piperidine rings is 1. The molecule has 4 N–H and O–H groups in total. The van der Waals surface area contributed by atoms with Crippen molar-refractivity contribution in [3.05, 3.63) is 67.1 Å². The Balaban J connectivity index is 1.31. The first-order valence-electron chi connectivity index (χ1n) is 10.4. The summed E-state index contributed by atoms with van der Waals surface area (Å²) in [6.45, 7) is 1.62. The Labute approximate surface area is 178 Å². The second-order valence-electron chi connectivity index (χ2n) is 8.10. The Morgan fingerprint density at radius 3 is 2.68 bits per heavy atom. The quantitative estimate of drug-likeness (QED) is 0.420. The number of hydrogen-bond donors (Lipinski definition) is 3. The molecule has 1 fully saturated rings. The molecule has 8 nitrogen and oxygen atoms in total. The van der Waals surface area contributed by atoms with Crippen molar-refractivity contribution in [1.82, 2.24) is 29.9 Å². The van der Waals surface area contributed by atoms with E-state index in [0.29, 0.717) is 0 Å². The van der Waals surface area contributed by atoms with Crippen LogP contribution in [0.3, 0.4) is 0 Å². The van der Waals surface area contributed by atoms with Gasteiger partial charge in [0.1, 0.15) is 23.6 Å². The largest absolute Gasteiger partial charge is 0.356 e. The number of imidazole rings is 1. The van der Waals surface area contributed by atoms with Crippen molar-refractivity contribution in [3.63, 3.8) is 0 Å². The zero-order chi connectivity index (χ0) is 20.8. The van der Waals surface area contributed by atoms with E-state index in [1.807, 2.05) is 30.5 Å². The Morgan fingerprint density at radius 1 is 1.00 bits per heavy atom. The average molecular weight is 410 g/mol. The minimum Gasteiger partial charge on any atom is -0.356 e. The first-order valence-corrected chi connectivity index (χ1v) is 10.4. The molecule has 0 spiro atoms. The second-order valence-corrected chi connectivity index (χ2v) is 8.10. The fourth-order valence-electron chi connectivity index (χ4n) is 4.50. The van der Waals surface area contributed by atoms with Crippen LogP contribution in [-0.2, 0) is 5.54 Å². The molecule has 154 valence electrons. The van der Waals surface area contributed by atoms with Crippen LogP contribution in [0, 0.1) is 0 Å². The molecule has 0 radical (unpaired) electrons. The van der Waals surface area contributed by atoms with Crippen LogP contribution in [0.15, 0.2) is 61.3 Å². The van der Waals surface area contributed by atoms with Gasteiger partial charge in [-0.3, -0.25) is 4.98 Å². The number of rotatable bonds is 3. The highest BCUT2D eigenvalue weighted by atomic mass is 15.2. The summed E-state index contributed by atoms with van der Waals surface area (Å²) in [4.78, 5) is 26.9. The van der Waals surface area contributed by atoms with Crippen molar-refractivity contribution in [1.29, 1.82) is 0 Å². The third kappa shape index (κ3) is 2.95. The van der Waals surface area contributed by atoms with Crippen LogP contribution in [-0.4, -0.2) is 43.0 Å². The smallest absolute Gasteiger partial charge is 0.142 e. The molecule has 0 bridgehead atoms. The van der Waals surface area contributed by atoms with Crippen LogP contribution in [0.4, 0.5) is 5.82 Å². The van der Waals surface area contributed by atoms with Gasteiger partial charge < -0.3 is 20.6 Å². The number of nitrogens with two attached hydrogens (primary N) is 1. The number of aromatic amines is 2.